The van der Waals surface area contributed by atoms with Gasteiger partial charge >= 0.3 is 6.18 Å². The summed E-state index contributed by atoms with van der Waals surface area (Å²) >= 11 is 0. The van der Waals surface area contributed by atoms with E-state index in [4.69, 9.17) is 10.5 Å². The van der Waals surface area contributed by atoms with Crippen LogP contribution in [-0.4, -0.2) is 24.7 Å². The first-order chi connectivity index (χ1) is 12.9. The lowest BCUT2D eigenvalue weighted by Gasteiger charge is -2.22. The molecule has 0 amide bonds. The van der Waals surface area contributed by atoms with Crippen LogP contribution in [0.25, 0.3) is 11.0 Å². The Kier molecular flexibility index (Phi) is 4.33. The molecular weight excluding hydrogens is 361 g/mol. The van der Waals surface area contributed by atoms with Crippen molar-refractivity contribution < 1.29 is 17.9 Å². The van der Waals surface area contributed by atoms with Crippen LogP contribution in [0.1, 0.15) is 43.7 Å². The average molecular weight is 378 g/mol. The SMILES string of the molecule is Nc1ncnc2c1c(Oc1cc(C(F)(F)F)ccn1)nn2C1CCCCC1. The summed E-state index contributed by atoms with van der Waals surface area (Å²) in [6.45, 7) is 0. The summed E-state index contributed by atoms with van der Waals surface area (Å²) in [5, 5.41) is 4.83. The van der Waals surface area contributed by atoms with Crippen molar-refractivity contribution in [1.82, 2.24) is 24.7 Å². The first-order valence-electron chi connectivity index (χ1n) is 8.63. The van der Waals surface area contributed by atoms with Gasteiger partial charge in [-0.05, 0) is 18.9 Å². The Morgan fingerprint density at radius 2 is 1.89 bits per heavy atom. The molecule has 3 aromatic rings. The lowest BCUT2D eigenvalue weighted by Crippen LogP contribution is -2.14. The van der Waals surface area contributed by atoms with Gasteiger partial charge in [-0.15, -0.1) is 5.10 Å². The summed E-state index contributed by atoms with van der Waals surface area (Å²) in [6.07, 6.45) is 3.11. The Morgan fingerprint density at radius 3 is 2.63 bits per heavy atom. The molecule has 4 rings (SSSR count). The molecule has 0 unspecified atom stereocenters. The van der Waals surface area contributed by atoms with Gasteiger partial charge in [0.15, 0.2) is 5.65 Å². The number of aromatic nitrogens is 5. The smallest absolute Gasteiger partial charge is 0.416 e. The van der Waals surface area contributed by atoms with Crippen LogP contribution in [0.3, 0.4) is 0 Å². The number of halogens is 3. The minimum Gasteiger partial charge on any atom is -0.418 e. The number of fused-ring (bicyclic) bond motifs is 1. The maximum absolute atomic E-state index is 12.9. The molecule has 142 valence electrons. The van der Waals surface area contributed by atoms with Gasteiger partial charge in [-0.2, -0.15) is 13.2 Å². The van der Waals surface area contributed by atoms with Crippen LogP contribution < -0.4 is 10.5 Å². The highest BCUT2D eigenvalue weighted by Gasteiger charge is 2.31. The maximum Gasteiger partial charge on any atom is 0.416 e. The van der Waals surface area contributed by atoms with E-state index in [1.165, 1.54) is 12.7 Å². The van der Waals surface area contributed by atoms with E-state index in [0.29, 0.717) is 11.0 Å². The minimum atomic E-state index is -4.49. The standard InChI is InChI=1S/C17H17F3N6O/c18-17(19,20)10-6-7-22-12(8-10)27-16-13-14(21)23-9-24-15(13)26(25-16)11-4-2-1-3-5-11/h6-9,11H,1-5H2,(H2,21,23,24). The molecule has 0 radical (unpaired) electrons. The number of hydrogen-bond donors (Lipinski definition) is 1. The number of rotatable bonds is 3. The summed E-state index contributed by atoms with van der Waals surface area (Å²) in [7, 11) is 0. The van der Waals surface area contributed by atoms with E-state index >= 15 is 0 Å². The molecule has 3 aromatic heterocycles. The lowest BCUT2D eigenvalue weighted by molar-refractivity contribution is -0.137. The second-order valence-electron chi connectivity index (χ2n) is 6.48. The maximum atomic E-state index is 12.9. The molecule has 1 fully saturated rings. The van der Waals surface area contributed by atoms with Crippen molar-refractivity contribution in [2.24, 2.45) is 0 Å². The zero-order valence-electron chi connectivity index (χ0n) is 14.3. The fourth-order valence-electron chi connectivity index (χ4n) is 3.36. The highest BCUT2D eigenvalue weighted by molar-refractivity contribution is 5.90. The van der Waals surface area contributed by atoms with Crippen LogP contribution in [0.4, 0.5) is 19.0 Å². The summed E-state index contributed by atoms with van der Waals surface area (Å²) in [6, 6.07) is 1.84. The number of anilines is 1. The first kappa shape index (κ1) is 17.5. The van der Waals surface area contributed by atoms with Crippen molar-refractivity contribution in [2.45, 2.75) is 44.3 Å². The van der Waals surface area contributed by atoms with Crippen molar-refractivity contribution in [3.63, 3.8) is 0 Å². The van der Waals surface area contributed by atoms with E-state index in [2.05, 4.69) is 20.1 Å². The molecule has 1 aliphatic rings. The Morgan fingerprint density at radius 1 is 1.11 bits per heavy atom. The number of alkyl halides is 3. The number of nitrogens with zero attached hydrogens (tertiary/aromatic N) is 5. The van der Waals surface area contributed by atoms with Gasteiger partial charge in [-0.25, -0.2) is 19.6 Å². The van der Waals surface area contributed by atoms with Crippen LogP contribution in [0, 0.1) is 0 Å². The predicted octanol–water partition coefficient (Wildman–Crippen LogP) is 4.12. The minimum absolute atomic E-state index is 0.0560. The Hall–Kier alpha value is -2.91. The van der Waals surface area contributed by atoms with Gasteiger partial charge in [0.1, 0.15) is 17.5 Å². The van der Waals surface area contributed by atoms with E-state index in [-0.39, 0.29) is 23.6 Å². The van der Waals surface area contributed by atoms with Crippen LogP contribution in [0.5, 0.6) is 11.8 Å². The third-order valence-corrected chi connectivity index (χ3v) is 4.67. The zero-order chi connectivity index (χ0) is 19.0. The molecule has 0 atom stereocenters. The van der Waals surface area contributed by atoms with Crippen molar-refractivity contribution in [1.29, 1.82) is 0 Å². The highest BCUT2D eigenvalue weighted by Crippen LogP contribution is 2.37. The summed E-state index contributed by atoms with van der Waals surface area (Å²) in [5.74, 6) is -0.00666. The molecule has 27 heavy (non-hydrogen) atoms. The van der Waals surface area contributed by atoms with Crippen LogP contribution >= 0.6 is 0 Å². The first-order valence-corrected chi connectivity index (χ1v) is 8.63. The third kappa shape index (κ3) is 3.38. The van der Waals surface area contributed by atoms with Gasteiger partial charge in [0.05, 0.1) is 11.6 Å². The molecule has 2 N–H and O–H groups in total. The molecule has 0 aliphatic heterocycles. The number of nitrogens with two attached hydrogens (primary N) is 1. The topological polar surface area (TPSA) is 91.7 Å². The van der Waals surface area contributed by atoms with E-state index in [9.17, 15) is 13.2 Å². The Balaban J connectivity index is 1.76. The monoisotopic (exact) mass is 378 g/mol. The molecule has 1 saturated carbocycles. The van der Waals surface area contributed by atoms with Gasteiger partial charge in [-0.3, -0.25) is 0 Å². The zero-order valence-corrected chi connectivity index (χ0v) is 14.3. The third-order valence-electron chi connectivity index (χ3n) is 4.67. The fourth-order valence-corrected chi connectivity index (χ4v) is 3.36. The van der Waals surface area contributed by atoms with Crippen molar-refractivity contribution >= 4 is 16.9 Å². The predicted molar refractivity (Wildman–Crippen MR) is 91.2 cm³/mol. The molecule has 7 nitrogen and oxygen atoms in total. The molecule has 10 heteroatoms. The largest absolute Gasteiger partial charge is 0.418 e. The number of pyridine rings is 1. The second-order valence-corrected chi connectivity index (χ2v) is 6.48. The van der Waals surface area contributed by atoms with Crippen molar-refractivity contribution in [3.8, 4) is 11.8 Å². The Labute approximate surface area is 152 Å². The van der Waals surface area contributed by atoms with Crippen molar-refractivity contribution in [3.05, 3.63) is 30.2 Å². The summed E-state index contributed by atoms with van der Waals surface area (Å²) in [4.78, 5) is 12.1. The molecule has 0 spiro atoms. The normalized spacial score (nSPS) is 16.0. The van der Waals surface area contributed by atoms with Gasteiger partial charge in [0.2, 0.25) is 5.88 Å². The summed E-state index contributed by atoms with van der Waals surface area (Å²) in [5.41, 5.74) is 5.62. The molecular formula is C17H17F3N6O. The number of nitrogen functional groups attached to an aromatic ring is 1. The van der Waals surface area contributed by atoms with Crippen LogP contribution in [0.15, 0.2) is 24.7 Å². The average Bonchev–Trinajstić information content (AvgIpc) is 3.02. The Bertz CT molecular complexity index is 965. The lowest BCUT2D eigenvalue weighted by atomic mass is 9.96. The second kappa shape index (κ2) is 6.67. The number of hydrogen-bond acceptors (Lipinski definition) is 6. The van der Waals surface area contributed by atoms with Gasteiger partial charge in [-0.1, -0.05) is 19.3 Å². The summed E-state index contributed by atoms with van der Waals surface area (Å²) < 4.78 is 46.1. The molecule has 0 aromatic carbocycles. The van der Waals surface area contributed by atoms with Crippen LogP contribution in [-0.2, 0) is 6.18 Å². The quantitative estimate of drug-likeness (QED) is 0.737. The van der Waals surface area contributed by atoms with Gasteiger partial charge < -0.3 is 10.5 Å². The van der Waals surface area contributed by atoms with E-state index in [0.717, 1.165) is 44.0 Å². The van der Waals surface area contributed by atoms with E-state index < -0.39 is 11.7 Å². The fraction of sp³-hybridized carbons (Fsp3) is 0.412. The van der Waals surface area contributed by atoms with Crippen molar-refractivity contribution in [2.75, 3.05) is 5.73 Å². The van der Waals surface area contributed by atoms with E-state index in [1.54, 1.807) is 4.68 Å². The van der Waals surface area contributed by atoms with Crippen LogP contribution in [0.2, 0.25) is 0 Å². The van der Waals surface area contributed by atoms with Gasteiger partial charge in [0.25, 0.3) is 5.88 Å². The molecule has 0 saturated heterocycles. The van der Waals surface area contributed by atoms with Gasteiger partial charge in [0, 0.05) is 12.3 Å². The molecule has 1 aliphatic carbocycles. The highest BCUT2D eigenvalue weighted by atomic mass is 19.4. The molecule has 0 bridgehead atoms. The van der Waals surface area contributed by atoms with E-state index in [1.807, 2.05) is 0 Å². The number of ether oxygens (including phenoxy) is 1. The molecule has 3 heterocycles.